The maximum Gasteiger partial charge on any atom is 0.180 e. The molecule has 0 bridgehead atoms. The first-order valence-electron chi connectivity index (χ1n) is 5.69. The Kier molecular flexibility index (Phi) is 6.19. The molecule has 0 radical (unpaired) electrons. The summed E-state index contributed by atoms with van der Waals surface area (Å²) in [6, 6.07) is 0. The van der Waals surface area contributed by atoms with E-state index in [1.165, 1.54) is 17.7 Å². The summed E-state index contributed by atoms with van der Waals surface area (Å²) in [6.07, 6.45) is 4.37. The van der Waals surface area contributed by atoms with E-state index in [9.17, 15) is 0 Å². The van der Waals surface area contributed by atoms with Crippen LogP contribution in [0.5, 0.6) is 0 Å². The second-order valence-electron chi connectivity index (χ2n) is 4.34. The summed E-state index contributed by atoms with van der Waals surface area (Å²) in [5.41, 5.74) is 5.62. The van der Waals surface area contributed by atoms with E-state index in [0.717, 1.165) is 32.2 Å². The first-order chi connectivity index (χ1) is 7.78. The molecule has 0 saturated carbocycles. The quantitative estimate of drug-likeness (QED) is 0.915. The largest absolute Gasteiger partial charge is 0.384 e. The highest BCUT2D eigenvalue weighted by atomic mass is 35.5. The molecule has 0 spiro atoms. The predicted octanol–water partition coefficient (Wildman–Crippen LogP) is 2.01. The lowest BCUT2D eigenvalue weighted by Crippen LogP contribution is -2.34. The van der Waals surface area contributed by atoms with Gasteiger partial charge in [-0.05, 0) is 31.8 Å². The summed E-state index contributed by atoms with van der Waals surface area (Å²) >= 11 is 1.59. The van der Waals surface area contributed by atoms with Gasteiger partial charge in [0.05, 0.1) is 0 Å². The summed E-state index contributed by atoms with van der Waals surface area (Å²) in [6.45, 7) is 4.22. The molecular weight excluding hydrogens is 258 g/mol. The molecule has 2 heterocycles. The first-order valence-corrected chi connectivity index (χ1v) is 6.51. The first kappa shape index (κ1) is 14.7. The highest BCUT2D eigenvalue weighted by Gasteiger charge is 2.19. The van der Waals surface area contributed by atoms with Crippen molar-refractivity contribution < 1.29 is 4.74 Å². The normalized spacial score (nSPS) is 17.9. The summed E-state index contributed by atoms with van der Waals surface area (Å²) in [5.74, 6) is 0.743. The molecule has 1 aliphatic rings. The molecule has 0 aliphatic carbocycles. The minimum Gasteiger partial charge on any atom is -0.384 e. The fraction of sp³-hybridized carbons (Fsp3) is 0.727. The summed E-state index contributed by atoms with van der Waals surface area (Å²) in [4.78, 5) is 7.81. The van der Waals surface area contributed by atoms with Gasteiger partial charge in [-0.1, -0.05) is 0 Å². The molecule has 1 saturated heterocycles. The number of thiazole rings is 1. The van der Waals surface area contributed by atoms with Crippen LogP contribution < -0.4 is 5.73 Å². The molecule has 1 aromatic rings. The molecule has 0 amide bonds. The van der Waals surface area contributed by atoms with Gasteiger partial charge in [0.15, 0.2) is 5.13 Å². The maximum absolute atomic E-state index is 5.62. The van der Waals surface area contributed by atoms with E-state index >= 15 is 0 Å². The van der Waals surface area contributed by atoms with Gasteiger partial charge < -0.3 is 10.5 Å². The molecule has 0 unspecified atom stereocenters. The monoisotopic (exact) mass is 277 g/mol. The maximum atomic E-state index is 5.62. The van der Waals surface area contributed by atoms with E-state index in [2.05, 4.69) is 9.88 Å². The summed E-state index contributed by atoms with van der Waals surface area (Å²) < 4.78 is 5.20. The van der Waals surface area contributed by atoms with E-state index in [0.29, 0.717) is 5.13 Å². The molecule has 17 heavy (non-hydrogen) atoms. The number of nitrogens with two attached hydrogens (primary N) is 1. The Morgan fingerprint density at radius 3 is 2.76 bits per heavy atom. The van der Waals surface area contributed by atoms with Crippen LogP contribution in [0.2, 0.25) is 0 Å². The number of nitrogens with zero attached hydrogens (tertiary/aromatic N) is 2. The number of anilines is 1. The third kappa shape index (κ3) is 4.43. The topological polar surface area (TPSA) is 51.4 Å². The molecule has 98 valence electrons. The number of piperidine rings is 1. The van der Waals surface area contributed by atoms with E-state index in [1.54, 1.807) is 18.4 Å². The fourth-order valence-electron chi connectivity index (χ4n) is 2.16. The van der Waals surface area contributed by atoms with E-state index in [1.807, 2.05) is 6.20 Å². The number of hydrogen-bond donors (Lipinski definition) is 1. The lowest BCUT2D eigenvalue weighted by atomic mass is 9.98. The lowest BCUT2D eigenvalue weighted by molar-refractivity contribution is 0.0972. The van der Waals surface area contributed by atoms with Gasteiger partial charge in [0.2, 0.25) is 0 Å². The zero-order valence-corrected chi connectivity index (χ0v) is 11.7. The lowest BCUT2D eigenvalue weighted by Gasteiger charge is -2.31. The van der Waals surface area contributed by atoms with Gasteiger partial charge >= 0.3 is 0 Å². The van der Waals surface area contributed by atoms with Crippen molar-refractivity contribution in [3.05, 3.63) is 11.1 Å². The van der Waals surface area contributed by atoms with E-state index < -0.39 is 0 Å². The molecule has 1 aliphatic heterocycles. The highest BCUT2D eigenvalue weighted by Crippen LogP contribution is 2.21. The third-order valence-electron chi connectivity index (χ3n) is 3.06. The van der Waals surface area contributed by atoms with Gasteiger partial charge in [-0.15, -0.1) is 23.7 Å². The van der Waals surface area contributed by atoms with Crippen LogP contribution in [0, 0.1) is 5.92 Å². The van der Waals surface area contributed by atoms with Crippen LogP contribution in [0.3, 0.4) is 0 Å². The number of hydrogen-bond acceptors (Lipinski definition) is 5. The predicted molar refractivity (Wildman–Crippen MR) is 73.7 cm³/mol. The standard InChI is InChI=1S/C11H19N3OS.ClH/c1-15-8-9-2-4-14(5-3-9)7-10-6-13-11(12)16-10;/h6,9H,2-5,7-8H2,1H3,(H2,12,13);1H. The van der Waals surface area contributed by atoms with Crippen molar-refractivity contribution in [3.8, 4) is 0 Å². The van der Waals surface area contributed by atoms with Gasteiger partial charge in [-0.25, -0.2) is 4.98 Å². The number of rotatable bonds is 4. The zero-order chi connectivity index (χ0) is 11.4. The van der Waals surface area contributed by atoms with Crippen LogP contribution in [0.25, 0.3) is 0 Å². The minimum absolute atomic E-state index is 0. The Morgan fingerprint density at radius 1 is 1.53 bits per heavy atom. The average molecular weight is 278 g/mol. The number of ether oxygens (including phenoxy) is 1. The molecule has 4 nitrogen and oxygen atoms in total. The number of halogens is 1. The van der Waals surface area contributed by atoms with Gasteiger partial charge in [-0.3, -0.25) is 4.90 Å². The van der Waals surface area contributed by atoms with Crippen molar-refractivity contribution in [2.24, 2.45) is 5.92 Å². The summed E-state index contributed by atoms with van der Waals surface area (Å²) in [5, 5.41) is 0.671. The summed E-state index contributed by atoms with van der Waals surface area (Å²) in [7, 11) is 1.78. The van der Waals surface area contributed by atoms with Crippen LogP contribution in [0.15, 0.2) is 6.20 Å². The number of nitrogen functional groups attached to an aromatic ring is 1. The van der Waals surface area contributed by atoms with Crippen LogP contribution in [0.1, 0.15) is 17.7 Å². The molecule has 0 atom stereocenters. The molecule has 1 aromatic heterocycles. The van der Waals surface area contributed by atoms with Crippen molar-refractivity contribution in [3.63, 3.8) is 0 Å². The van der Waals surface area contributed by atoms with E-state index in [4.69, 9.17) is 10.5 Å². The van der Waals surface area contributed by atoms with Crippen molar-refractivity contribution in [2.45, 2.75) is 19.4 Å². The Bertz CT molecular complexity index is 326. The number of methoxy groups -OCH3 is 1. The van der Waals surface area contributed by atoms with Crippen molar-refractivity contribution in [1.29, 1.82) is 0 Å². The molecular formula is C11H20ClN3OS. The van der Waals surface area contributed by atoms with Crippen LogP contribution in [0.4, 0.5) is 5.13 Å². The molecule has 6 heteroatoms. The van der Waals surface area contributed by atoms with Gasteiger partial charge in [0.1, 0.15) is 0 Å². The van der Waals surface area contributed by atoms with Gasteiger partial charge in [-0.2, -0.15) is 0 Å². The Balaban J connectivity index is 0.00000144. The number of aromatic nitrogens is 1. The molecule has 2 rings (SSSR count). The van der Waals surface area contributed by atoms with Crippen LogP contribution in [-0.2, 0) is 11.3 Å². The van der Waals surface area contributed by atoms with Crippen molar-refractivity contribution in [1.82, 2.24) is 9.88 Å². The highest BCUT2D eigenvalue weighted by molar-refractivity contribution is 7.15. The Hall–Kier alpha value is -0.360. The fourth-order valence-corrected chi connectivity index (χ4v) is 2.89. The number of likely N-dealkylation sites (tertiary alicyclic amines) is 1. The Morgan fingerprint density at radius 2 is 2.24 bits per heavy atom. The second-order valence-corrected chi connectivity index (χ2v) is 5.49. The average Bonchev–Trinajstić information content (AvgIpc) is 2.67. The second kappa shape index (κ2) is 7.16. The van der Waals surface area contributed by atoms with E-state index in [-0.39, 0.29) is 12.4 Å². The molecule has 1 fully saturated rings. The van der Waals surface area contributed by atoms with Crippen molar-refractivity contribution >= 4 is 28.9 Å². The minimum atomic E-state index is 0. The zero-order valence-electron chi connectivity index (χ0n) is 10.1. The molecule has 2 N–H and O–H groups in total. The smallest absolute Gasteiger partial charge is 0.180 e. The van der Waals surface area contributed by atoms with Gasteiger partial charge in [0.25, 0.3) is 0 Å². The third-order valence-corrected chi connectivity index (χ3v) is 3.87. The van der Waals surface area contributed by atoms with Crippen LogP contribution >= 0.6 is 23.7 Å². The van der Waals surface area contributed by atoms with Gasteiger partial charge in [0, 0.05) is 31.3 Å². The Labute approximate surface area is 113 Å². The SMILES string of the molecule is COCC1CCN(Cc2cnc(N)s2)CC1.Cl. The molecule has 0 aromatic carbocycles. The van der Waals surface area contributed by atoms with Crippen molar-refractivity contribution in [2.75, 3.05) is 32.5 Å². The van der Waals surface area contributed by atoms with Crippen LogP contribution in [-0.4, -0.2) is 36.7 Å².